The molecule has 0 unspecified atom stereocenters. The van der Waals surface area contributed by atoms with Gasteiger partial charge in [0.15, 0.2) is 0 Å². The summed E-state index contributed by atoms with van der Waals surface area (Å²) >= 11 is 0. The van der Waals surface area contributed by atoms with Gasteiger partial charge in [0, 0.05) is 43.4 Å². The molecule has 0 aliphatic heterocycles. The Balaban J connectivity index is 2.05. The average molecular weight is 268 g/mol. The maximum atomic E-state index is 4.64. The summed E-state index contributed by atoms with van der Waals surface area (Å²) in [7, 11) is 2.10. The second-order valence-corrected chi connectivity index (χ2v) is 5.37. The molecule has 0 saturated heterocycles. The molecule has 4 heteroatoms. The number of fused-ring (bicyclic) bond motifs is 1. The van der Waals surface area contributed by atoms with Crippen LogP contribution in [0.5, 0.6) is 0 Å². The number of aromatic amines is 1. The van der Waals surface area contributed by atoms with Gasteiger partial charge in [-0.3, -0.25) is 0 Å². The number of aryl methyl sites for hydroxylation is 3. The minimum atomic E-state index is 0.889. The van der Waals surface area contributed by atoms with Crippen LogP contribution in [-0.4, -0.2) is 19.5 Å². The predicted octanol–water partition coefficient (Wildman–Crippen LogP) is 3.07. The molecule has 3 aromatic heterocycles. The van der Waals surface area contributed by atoms with Gasteiger partial charge in [-0.15, -0.1) is 0 Å². The number of hydrogen-bond acceptors (Lipinski definition) is 2. The van der Waals surface area contributed by atoms with E-state index in [0.29, 0.717) is 0 Å². The molecule has 0 fully saturated rings. The lowest BCUT2D eigenvalue weighted by molar-refractivity contribution is 0.771. The molecular formula is C16H20N4. The van der Waals surface area contributed by atoms with Gasteiger partial charge in [-0.2, -0.15) is 0 Å². The van der Waals surface area contributed by atoms with E-state index in [1.807, 2.05) is 6.20 Å². The molecule has 0 amide bonds. The monoisotopic (exact) mass is 268 g/mol. The Morgan fingerprint density at radius 2 is 2.10 bits per heavy atom. The molecule has 4 nitrogen and oxygen atoms in total. The molecule has 0 bridgehead atoms. The average Bonchev–Trinajstić information content (AvgIpc) is 2.94. The quantitative estimate of drug-likeness (QED) is 0.793. The van der Waals surface area contributed by atoms with Crippen LogP contribution in [0.3, 0.4) is 0 Å². The van der Waals surface area contributed by atoms with Crippen LogP contribution >= 0.6 is 0 Å². The number of aromatic nitrogens is 4. The van der Waals surface area contributed by atoms with Crippen LogP contribution in [-0.2, 0) is 19.9 Å². The second kappa shape index (κ2) is 4.78. The third-order valence-corrected chi connectivity index (χ3v) is 3.93. The van der Waals surface area contributed by atoms with E-state index in [-0.39, 0.29) is 0 Å². The molecular weight excluding hydrogens is 248 g/mol. The molecule has 3 rings (SSSR count). The lowest BCUT2D eigenvalue weighted by Crippen LogP contribution is -2.02. The Morgan fingerprint density at radius 3 is 2.80 bits per heavy atom. The Morgan fingerprint density at radius 1 is 1.30 bits per heavy atom. The van der Waals surface area contributed by atoms with Crippen molar-refractivity contribution in [2.45, 2.75) is 33.6 Å². The van der Waals surface area contributed by atoms with Gasteiger partial charge in [0.2, 0.25) is 0 Å². The molecule has 0 radical (unpaired) electrons. The summed E-state index contributed by atoms with van der Waals surface area (Å²) in [5, 5.41) is 1.21. The third-order valence-electron chi connectivity index (χ3n) is 3.93. The van der Waals surface area contributed by atoms with Crippen LogP contribution in [0.1, 0.15) is 35.3 Å². The van der Waals surface area contributed by atoms with E-state index in [4.69, 9.17) is 0 Å². The molecule has 104 valence electrons. The Bertz CT molecular complexity index is 764. The summed E-state index contributed by atoms with van der Waals surface area (Å²) in [5.41, 5.74) is 5.84. The highest BCUT2D eigenvalue weighted by atomic mass is 15.1. The first-order valence-corrected chi connectivity index (χ1v) is 7.03. The maximum absolute atomic E-state index is 4.64. The molecule has 0 aliphatic carbocycles. The SMILES string of the molecule is CCc1nc(C)c(Cc2c[nH]c3ncc(C)cc23)n1C. The molecule has 0 aliphatic rings. The van der Waals surface area contributed by atoms with E-state index < -0.39 is 0 Å². The fourth-order valence-electron chi connectivity index (χ4n) is 2.78. The van der Waals surface area contributed by atoms with Crippen molar-refractivity contribution in [3.63, 3.8) is 0 Å². The van der Waals surface area contributed by atoms with Gasteiger partial charge >= 0.3 is 0 Å². The van der Waals surface area contributed by atoms with Crippen LogP contribution in [0.25, 0.3) is 11.0 Å². The number of pyridine rings is 1. The second-order valence-electron chi connectivity index (χ2n) is 5.37. The minimum absolute atomic E-state index is 0.889. The number of rotatable bonds is 3. The van der Waals surface area contributed by atoms with Crippen LogP contribution < -0.4 is 0 Å². The standard InChI is InChI=1S/C16H20N4/c1-5-15-19-11(3)14(20(15)4)7-12-9-18-16-13(12)6-10(2)8-17-16/h6,8-9H,5,7H2,1-4H3,(H,17,18). The Hall–Kier alpha value is -2.10. The van der Waals surface area contributed by atoms with Gasteiger partial charge in [0.25, 0.3) is 0 Å². The first-order valence-electron chi connectivity index (χ1n) is 7.03. The molecule has 3 aromatic rings. The number of nitrogens with zero attached hydrogens (tertiary/aromatic N) is 3. The van der Waals surface area contributed by atoms with E-state index >= 15 is 0 Å². The lowest BCUT2D eigenvalue weighted by atomic mass is 10.1. The molecule has 1 N–H and O–H groups in total. The minimum Gasteiger partial charge on any atom is -0.346 e. The zero-order valence-corrected chi connectivity index (χ0v) is 12.5. The Labute approximate surface area is 118 Å². The molecule has 0 spiro atoms. The highest BCUT2D eigenvalue weighted by molar-refractivity contribution is 5.80. The molecule has 0 atom stereocenters. The fourth-order valence-corrected chi connectivity index (χ4v) is 2.78. The first-order chi connectivity index (χ1) is 9.60. The number of H-pyrrole nitrogens is 1. The summed E-state index contributed by atoms with van der Waals surface area (Å²) in [4.78, 5) is 12.3. The summed E-state index contributed by atoms with van der Waals surface area (Å²) < 4.78 is 2.22. The lowest BCUT2D eigenvalue weighted by Gasteiger charge is -2.05. The van der Waals surface area contributed by atoms with E-state index in [1.165, 1.54) is 22.2 Å². The van der Waals surface area contributed by atoms with Crippen LogP contribution in [0.2, 0.25) is 0 Å². The molecule has 0 saturated carbocycles. The van der Waals surface area contributed by atoms with Crippen molar-refractivity contribution in [1.82, 2.24) is 19.5 Å². The topological polar surface area (TPSA) is 46.5 Å². The van der Waals surface area contributed by atoms with E-state index in [9.17, 15) is 0 Å². The van der Waals surface area contributed by atoms with Crippen LogP contribution in [0, 0.1) is 13.8 Å². The van der Waals surface area contributed by atoms with Crippen LogP contribution in [0.4, 0.5) is 0 Å². The predicted molar refractivity (Wildman–Crippen MR) is 81.0 cm³/mol. The highest BCUT2D eigenvalue weighted by Crippen LogP contribution is 2.22. The zero-order valence-electron chi connectivity index (χ0n) is 12.5. The van der Waals surface area contributed by atoms with E-state index in [0.717, 1.165) is 30.0 Å². The number of imidazole rings is 1. The largest absolute Gasteiger partial charge is 0.346 e. The van der Waals surface area contributed by atoms with Crippen molar-refractivity contribution in [2.24, 2.45) is 7.05 Å². The van der Waals surface area contributed by atoms with E-state index in [1.54, 1.807) is 0 Å². The summed E-state index contributed by atoms with van der Waals surface area (Å²) in [6, 6.07) is 2.20. The smallest absolute Gasteiger partial charge is 0.137 e. The number of hydrogen-bond donors (Lipinski definition) is 1. The van der Waals surface area contributed by atoms with Gasteiger partial charge in [0.1, 0.15) is 11.5 Å². The van der Waals surface area contributed by atoms with Crippen molar-refractivity contribution >= 4 is 11.0 Å². The van der Waals surface area contributed by atoms with Crippen molar-refractivity contribution in [3.8, 4) is 0 Å². The summed E-state index contributed by atoms with van der Waals surface area (Å²) in [6.07, 6.45) is 5.81. The first kappa shape index (κ1) is 12.9. The van der Waals surface area contributed by atoms with Crippen molar-refractivity contribution in [1.29, 1.82) is 0 Å². The van der Waals surface area contributed by atoms with Gasteiger partial charge in [-0.25, -0.2) is 9.97 Å². The molecule has 20 heavy (non-hydrogen) atoms. The Kier molecular flexibility index (Phi) is 3.08. The van der Waals surface area contributed by atoms with Crippen molar-refractivity contribution in [2.75, 3.05) is 0 Å². The summed E-state index contributed by atoms with van der Waals surface area (Å²) in [6.45, 7) is 6.31. The fraction of sp³-hybridized carbons (Fsp3) is 0.375. The number of nitrogens with one attached hydrogen (secondary N) is 1. The maximum Gasteiger partial charge on any atom is 0.137 e. The normalized spacial score (nSPS) is 11.4. The highest BCUT2D eigenvalue weighted by Gasteiger charge is 2.13. The van der Waals surface area contributed by atoms with Gasteiger partial charge in [-0.05, 0) is 31.0 Å². The van der Waals surface area contributed by atoms with E-state index in [2.05, 4.69) is 59.6 Å². The van der Waals surface area contributed by atoms with Crippen molar-refractivity contribution < 1.29 is 0 Å². The van der Waals surface area contributed by atoms with Crippen molar-refractivity contribution in [3.05, 3.63) is 46.8 Å². The summed E-state index contributed by atoms with van der Waals surface area (Å²) in [5.74, 6) is 1.15. The van der Waals surface area contributed by atoms with Gasteiger partial charge in [0.05, 0.1) is 5.69 Å². The molecule has 3 heterocycles. The van der Waals surface area contributed by atoms with Gasteiger partial charge < -0.3 is 9.55 Å². The van der Waals surface area contributed by atoms with Crippen LogP contribution in [0.15, 0.2) is 18.5 Å². The third kappa shape index (κ3) is 2.01. The van der Waals surface area contributed by atoms with Gasteiger partial charge in [-0.1, -0.05) is 6.92 Å². The zero-order chi connectivity index (χ0) is 14.3. The molecule has 0 aromatic carbocycles.